The Morgan fingerprint density at radius 1 is 1.03 bits per heavy atom. The molecule has 174 valence electrons. The first-order valence-corrected chi connectivity index (χ1v) is 10.9. The zero-order chi connectivity index (χ0) is 24.1. The molecule has 34 heavy (non-hydrogen) atoms. The summed E-state index contributed by atoms with van der Waals surface area (Å²) >= 11 is 0. The molecular formula is C26H25N3O5. The Balaban J connectivity index is 1.49. The van der Waals surface area contributed by atoms with Gasteiger partial charge in [0.15, 0.2) is 6.61 Å². The lowest BCUT2D eigenvalue weighted by Gasteiger charge is -2.23. The third kappa shape index (κ3) is 5.06. The summed E-state index contributed by atoms with van der Waals surface area (Å²) in [5.74, 6) is -0.907. The summed E-state index contributed by atoms with van der Waals surface area (Å²) in [7, 11) is 1.53. The molecule has 4 aromatic rings. The van der Waals surface area contributed by atoms with Gasteiger partial charge in [0.25, 0.3) is 11.5 Å². The highest BCUT2D eigenvalue weighted by atomic mass is 16.5. The molecule has 4 rings (SSSR count). The van der Waals surface area contributed by atoms with Crippen molar-refractivity contribution in [2.45, 2.75) is 19.9 Å². The molecule has 8 heteroatoms. The third-order valence-electron chi connectivity index (χ3n) is 5.56. The van der Waals surface area contributed by atoms with Gasteiger partial charge in [-0.05, 0) is 24.5 Å². The maximum absolute atomic E-state index is 13.1. The molecule has 2 aromatic carbocycles. The fraction of sp³-hybridized carbons (Fsp3) is 0.231. The number of aryl methyl sites for hydroxylation is 2. The summed E-state index contributed by atoms with van der Waals surface area (Å²) in [5, 5.41) is 0.0465. The van der Waals surface area contributed by atoms with Crippen LogP contribution in [0.25, 0.3) is 11.1 Å². The zero-order valence-electron chi connectivity index (χ0n) is 19.1. The van der Waals surface area contributed by atoms with Crippen LogP contribution in [0.1, 0.15) is 27.2 Å². The minimum atomic E-state index is -0.794. The van der Waals surface area contributed by atoms with Gasteiger partial charge >= 0.3 is 5.97 Å². The van der Waals surface area contributed by atoms with Crippen molar-refractivity contribution >= 4 is 23.0 Å². The molecule has 0 unspecified atom stereocenters. The fourth-order valence-corrected chi connectivity index (χ4v) is 3.73. The highest BCUT2D eigenvalue weighted by Gasteiger charge is 2.25. The molecule has 0 atom stereocenters. The maximum atomic E-state index is 13.1. The number of carbonyl (C=O) groups excluding carboxylic acids is 2. The summed E-state index contributed by atoms with van der Waals surface area (Å²) in [6, 6.07) is 19.5. The van der Waals surface area contributed by atoms with E-state index in [1.54, 1.807) is 11.8 Å². The first-order chi connectivity index (χ1) is 16.4. The lowest BCUT2D eigenvalue weighted by molar-refractivity contribution is -0.135. The van der Waals surface area contributed by atoms with E-state index in [0.717, 1.165) is 11.1 Å². The zero-order valence-corrected chi connectivity index (χ0v) is 19.1. The number of amides is 1. The molecule has 0 saturated carbocycles. The van der Waals surface area contributed by atoms with Gasteiger partial charge in [0, 0.05) is 20.1 Å². The molecule has 0 fully saturated rings. The molecule has 0 radical (unpaired) electrons. The van der Waals surface area contributed by atoms with Crippen LogP contribution in [-0.4, -0.2) is 39.5 Å². The Hall–Kier alpha value is -4.20. The number of ether oxygens (including phenoxy) is 1. The van der Waals surface area contributed by atoms with Gasteiger partial charge in [-0.3, -0.25) is 9.59 Å². The van der Waals surface area contributed by atoms with Crippen molar-refractivity contribution in [3.05, 3.63) is 99.8 Å². The average molecular weight is 460 g/mol. The number of fused-ring (bicyclic) bond motifs is 1. The van der Waals surface area contributed by atoms with Gasteiger partial charge in [0.2, 0.25) is 5.71 Å². The Morgan fingerprint density at radius 3 is 2.35 bits per heavy atom. The highest BCUT2D eigenvalue weighted by molar-refractivity contribution is 6.03. The molecule has 0 saturated heterocycles. The first kappa shape index (κ1) is 23.0. The quantitative estimate of drug-likeness (QED) is 0.376. The van der Waals surface area contributed by atoms with E-state index >= 15 is 0 Å². The predicted octanol–water partition coefficient (Wildman–Crippen LogP) is 3.26. The number of hydrogen-bond donors (Lipinski definition) is 0. The summed E-state index contributed by atoms with van der Waals surface area (Å²) in [4.78, 5) is 44.1. The fourth-order valence-electron chi connectivity index (χ4n) is 3.73. The molecule has 0 aliphatic heterocycles. The second kappa shape index (κ2) is 10.2. The number of hydrogen-bond acceptors (Lipinski definition) is 6. The van der Waals surface area contributed by atoms with Crippen LogP contribution in [0, 0.1) is 6.92 Å². The lowest BCUT2D eigenvalue weighted by atomic mass is 10.1. The second-order valence-corrected chi connectivity index (χ2v) is 7.99. The number of furan rings is 1. The molecule has 8 nitrogen and oxygen atoms in total. The van der Waals surface area contributed by atoms with Crippen molar-refractivity contribution in [1.29, 1.82) is 0 Å². The minimum Gasteiger partial charge on any atom is -0.452 e. The van der Waals surface area contributed by atoms with Crippen molar-refractivity contribution in [2.24, 2.45) is 7.05 Å². The molecule has 0 spiro atoms. The van der Waals surface area contributed by atoms with Gasteiger partial charge < -0.3 is 18.6 Å². The van der Waals surface area contributed by atoms with Crippen LogP contribution in [0.2, 0.25) is 0 Å². The van der Waals surface area contributed by atoms with Crippen LogP contribution < -0.4 is 5.56 Å². The third-order valence-corrected chi connectivity index (χ3v) is 5.56. The molecule has 0 aliphatic carbocycles. The molecule has 0 N–H and O–H groups in total. The molecular weight excluding hydrogens is 434 g/mol. The van der Waals surface area contributed by atoms with Gasteiger partial charge in [-0.25, -0.2) is 9.78 Å². The van der Waals surface area contributed by atoms with Crippen LogP contribution >= 0.6 is 0 Å². The van der Waals surface area contributed by atoms with E-state index in [2.05, 4.69) is 4.98 Å². The number of benzene rings is 2. The number of carbonyl (C=O) groups is 2. The minimum absolute atomic E-state index is 0.00426. The second-order valence-electron chi connectivity index (χ2n) is 7.99. The number of rotatable bonds is 8. The van der Waals surface area contributed by atoms with Gasteiger partial charge in [0.05, 0.1) is 0 Å². The van der Waals surface area contributed by atoms with Crippen molar-refractivity contribution in [3.8, 4) is 0 Å². The molecule has 2 heterocycles. The normalized spacial score (nSPS) is 10.9. The predicted molar refractivity (Wildman–Crippen MR) is 126 cm³/mol. The number of aromatic nitrogens is 2. The van der Waals surface area contributed by atoms with E-state index < -0.39 is 18.1 Å². The van der Waals surface area contributed by atoms with Gasteiger partial charge in [-0.1, -0.05) is 60.7 Å². The van der Waals surface area contributed by atoms with E-state index in [0.29, 0.717) is 19.5 Å². The van der Waals surface area contributed by atoms with Gasteiger partial charge in [-0.15, -0.1) is 0 Å². The van der Waals surface area contributed by atoms with Crippen LogP contribution in [0.5, 0.6) is 0 Å². The Kier molecular flexibility index (Phi) is 6.87. The number of nitrogens with zero attached hydrogens (tertiary/aromatic N) is 3. The standard InChI is InChI=1S/C26H25N3O5/c1-18-22(23-24(34-18)27-17-28(2)25(23)31)26(32)33-16-21(30)29(15-20-11-7-4-8-12-20)14-13-19-9-5-3-6-10-19/h3-12,17H,13-16H2,1-2H3. The van der Waals surface area contributed by atoms with E-state index in [4.69, 9.17) is 9.15 Å². The summed E-state index contributed by atoms with van der Waals surface area (Å²) in [6.45, 7) is 1.96. The number of esters is 1. The van der Waals surface area contributed by atoms with Crippen LogP contribution in [0.15, 0.2) is 76.2 Å². The van der Waals surface area contributed by atoms with E-state index in [1.165, 1.54) is 17.9 Å². The molecule has 0 bridgehead atoms. The van der Waals surface area contributed by atoms with Crippen LogP contribution in [0.3, 0.4) is 0 Å². The highest BCUT2D eigenvalue weighted by Crippen LogP contribution is 2.21. The van der Waals surface area contributed by atoms with Crippen molar-refractivity contribution < 1.29 is 18.7 Å². The largest absolute Gasteiger partial charge is 0.452 e. The van der Waals surface area contributed by atoms with E-state index in [9.17, 15) is 14.4 Å². The van der Waals surface area contributed by atoms with Crippen molar-refractivity contribution in [2.75, 3.05) is 13.2 Å². The Morgan fingerprint density at radius 2 is 1.68 bits per heavy atom. The monoisotopic (exact) mass is 459 g/mol. The van der Waals surface area contributed by atoms with E-state index in [1.807, 2.05) is 60.7 Å². The molecule has 0 aliphatic rings. The Bertz CT molecular complexity index is 1360. The van der Waals surface area contributed by atoms with Crippen molar-refractivity contribution in [3.63, 3.8) is 0 Å². The smallest absolute Gasteiger partial charge is 0.343 e. The van der Waals surface area contributed by atoms with Crippen LogP contribution in [-0.2, 0) is 29.5 Å². The van der Waals surface area contributed by atoms with Crippen molar-refractivity contribution in [1.82, 2.24) is 14.5 Å². The summed E-state index contributed by atoms with van der Waals surface area (Å²) < 4.78 is 12.0. The van der Waals surface area contributed by atoms with Gasteiger partial charge in [0.1, 0.15) is 23.0 Å². The van der Waals surface area contributed by atoms with Crippen LogP contribution in [0.4, 0.5) is 0 Å². The Labute approximate surface area is 196 Å². The SMILES string of the molecule is Cc1oc2ncn(C)c(=O)c2c1C(=O)OCC(=O)N(CCc1ccccc1)Cc1ccccc1. The molecule has 2 aromatic heterocycles. The average Bonchev–Trinajstić information content (AvgIpc) is 3.20. The summed E-state index contributed by atoms with van der Waals surface area (Å²) in [6.07, 6.45) is 1.99. The molecule has 1 amide bonds. The lowest BCUT2D eigenvalue weighted by Crippen LogP contribution is -2.36. The van der Waals surface area contributed by atoms with E-state index in [-0.39, 0.29) is 28.3 Å². The first-order valence-electron chi connectivity index (χ1n) is 10.9. The topological polar surface area (TPSA) is 94.6 Å². The maximum Gasteiger partial charge on any atom is 0.343 e. The summed E-state index contributed by atoms with van der Waals surface area (Å²) in [5.41, 5.74) is 1.72. The van der Waals surface area contributed by atoms with Gasteiger partial charge in [-0.2, -0.15) is 0 Å².